The van der Waals surface area contributed by atoms with Crippen LogP contribution >= 0.6 is 27.3 Å². The molecule has 0 aliphatic rings. The third-order valence-electron chi connectivity index (χ3n) is 3.59. The van der Waals surface area contributed by atoms with Crippen LogP contribution in [0.1, 0.15) is 23.0 Å². The molecule has 0 atom stereocenters. The number of fused-ring (bicyclic) bond motifs is 1. The van der Waals surface area contributed by atoms with Crippen LogP contribution in [0.3, 0.4) is 0 Å². The van der Waals surface area contributed by atoms with Gasteiger partial charge >= 0.3 is 0 Å². The van der Waals surface area contributed by atoms with E-state index in [1.165, 1.54) is 12.1 Å². The second kappa shape index (κ2) is 6.91. The van der Waals surface area contributed by atoms with Crippen molar-refractivity contribution in [3.63, 3.8) is 0 Å². The average molecular weight is 407 g/mol. The summed E-state index contributed by atoms with van der Waals surface area (Å²) in [6, 6.07) is 10.0. The van der Waals surface area contributed by atoms with Gasteiger partial charge in [-0.3, -0.25) is 4.79 Å². The summed E-state index contributed by atoms with van der Waals surface area (Å²) in [6.45, 7) is 6.83. The first-order chi connectivity index (χ1) is 11.4. The Labute approximate surface area is 151 Å². The van der Waals surface area contributed by atoms with Crippen LogP contribution in [-0.2, 0) is 13.1 Å². The number of nitrogens with zero attached hydrogens (tertiary/aromatic N) is 1. The van der Waals surface area contributed by atoms with Crippen molar-refractivity contribution in [1.82, 2.24) is 9.88 Å². The summed E-state index contributed by atoms with van der Waals surface area (Å²) in [5.41, 5.74) is 3.45. The van der Waals surface area contributed by atoms with Crippen molar-refractivity contribution in [2.75, 3.05) is 0 Å². The molecule has 0 saturated heterocycles. The van der Waals surface area contributed by atoms with Gasteiger partial charge in [0.25, 0.3) is 5.91 Å². The minimum atomic E-state index is -0.286. The summed E-state index contributed by atoms with van der Waals surface area (Å²) >= 11 is 5.08. The van der Waals surface area contributed by atoms with E-state index in [2.05, 4.69) is 27.8 Å². The largest absolute Gasteiger partial charge is 0.347 e. The van der Waals surface area contributed by atoms with Gasteiger partial charge in [-0.25, -0.2) is 4.39 Å². The number of hydrogen-bond donors (Lipinski definition) is 1. The summed E-state index contributed by atoms with van der Waals surface area (Å²) in [7, 11) is 0. The van der Waals surface area contributed by atoms with Gasteiger partial charge in [0.15, 0.2) is 0 Å². The molecule has 2 heterocycles. The van der Waals surface area contributed by atoms with Gasteiger partial charge in [-0.1, -0.05) is 24.3 Å². The Morgan fingerprint density at radius 3 is 2.71 bits per heavy atom. The minimum absolute atomic E-state index is 0.153. The molecular formula is C18H16BrFN2OS. The highest BCUT2D eigenvalue weighted by molar-refractivity contribution is 9.11. The Morgan fingerprint density at radius 2 is 2.04 bits per heavy atom. The molecule has 1 aromatic carbocycles. The number of allylic oxidation sites excluding steroid dienone is 1. The molecule has 1 amide bonds. The fourth-order valence-corrected chi connectivity index (χ4v) is 4.08. The predicted octanol–water partition coefficient (Wildman–Crippen LogP) is 5.11. The number of benzene rings is 1. The lowest BCUT2D eigenvalue weighted by Gasteiger charge is -2.11. The van der Waals surface area contributed by atoms with Crippen LogP contribution in [0.2, 0.25) is 0 Å². The maximum absolute atomic E-state index is 12.9. The average Bonchev–Trinajstić information content (AvgIpc) is 3.03. The predicted molar refractivity (Wildman–Crippen MR) is 99.9 cm³/mol. The monoisotopic (exact) mass is 406 g/mol. The van der Waals surface area contributed by atoms with E-state index in [0.29, 0.717) is 18.8 Å². The summed E-state index contributed by atoms with van der Waals surface area (Å²) in [6.07, 6.45) is 0. The third kappa shape index (κ3) is 3.60. The van der Waals surface area contributed by atoms with E-state index in [4.69, 9.17) is 0 Å². The van der Waals surface area contributed by atoms with E-state index >= 15 is 0 Å². The molecule has 0 bridgehead atoms. The number of carbonyl (C=O) groups excluding carboxylic acids is 1. The lowest BCUT2D eigenvalue weighted by atomic mass is 10.2. The SMILES string of the molecule is C=C(C)Cn1c(C(=O)NCc2ccc(F)cc2)cc2sc(Br)cc21. The van der Waals surface area contributed by atoms with Crippen molar-refractivity contribution in [3.05, 3.63) is 69.4 Å². The van der Waals surface area contributed by atoms with Crippen LogP contribution in [0.25, 0.3) is 10.2 Å². The van der Waals surface area contributed by atoms with Gasteiger partial charge in [0.1, 0.15) is 11.5 Å². The molecule has 0 fully saturated rings. The van der Waals surface area contributed by atoms with Crippen molar-refractivity contribution < 1.29 is 9.18 Å². The number of halogens is 2. The van der Waals surface area contributed by atoms with Crippen molar-refractivity contribution in [1.29, 1.82) is 0 Å². The molecule has 0 spiro atoms. The first-order valence-corrected chi connectivity index (χ1v) is 9.00. The third-order valence-corrected chi connectivity index (χ3v) is 5.16. The second-order valence-electron chi connectivity index (χ2n) is 5.68. The van der Waals surface area contributed by atoms with Crippen molar-refractivity contribution in [2.24, 2.45) is 0 Å². The van der Waals surface area contributed by atoms with Gasteiger partial charge in [0.2, 0.25) is 0 Å². The van der Waals surface area contributed by atoms with E-state index in [9.17, 15) is 9.18 Å². The van der Waals surface area contributed by atoms with Crippen LogP contribution in [0.4, 0.5) is 4.39 Å². The minimum Gasteiger partial charge on any atom is -0.347 e. The van der Waals surface area contributed by atoms with E-state index in [1.807, 2.05) is 23.6 Å². The standard InChI is InChI=1S/C18H16BrFN2OS/c1-11(2)10-22-14-8-17(19)24-16(14)7-15(22)18(23)21-9-12-3-5-13(20)6-4-12/h3-8H,1,9-10H2,2H3,(H,21,23). The molecular weight excluding hydrogens is 391 g/mol. The van der Waals surface area contributed by atoms with E-state index < -0.39 is 0 Å². The number of thiophene rings is 1. The molecule has 0 saturated carbocycles. The van der Waals surface area contributed by atoms with Gasteiger partial charge in [-0.2, -0.15) is 0 Å². The zero-order valence-corrected chi connectivity index (χ0v) is 15.5. The number of hydrogen-bond acceptors (Lipinski definition) is 2. The van der Waals surface area contributed by atoms with Crippen LogP contribution in [-0.4, -0.2) is 10.5 Å². The Morgan fingerprint density at radius 1 is 1.33 bits per heavy atom. The van der Waals surface area contributed by atoms with Gasteiger partial charge in [-0.15, -0.1) is 11.3 Å². The summed E-state index contributed by atoms with van der Waals surface area (Å²) in [5.74, 6) is -0.439. The normalized spacial score (nSPS) is 11.0. The molecule has 0 aliphatic heterocycles. The molecule has 3 aromatic rings. The first-order valence-electron chi connectivity index (χ1n) is 7.39. The summed E-state index contributed by atoms with van der Waals surface area (Å²) in [4.78, 5) is 12.6. The zero-order chi connectivity index (χ0) is 17.3. The molecule has 6 heteroatoms. The van der Waals surface area contributed by atoms with Crippen molar-refractivity contribution in [2.45, 2.75) is 20.0 Å². The fraction of sp³-hybridized carbons (Fsp3) is 0.167. The van der Waals surface area contributed by atoms with Gasteiger partial charge in [-0.05, 0) is 52.7 Å². The summed E-state index contributed by atoms with van der Waals surface area (Å²) in [5, 5.41) is 2.89. The van der Waals surface area contributed by atoms with Crippen molar-refractivity contribution in [3.8, 4) is 0 Å². The fourth-order valence-electron chi connectivity index (χ4n) is 2.52. The van der Waals surface area contributed by atoms with E-state index in [0.717, 1.165) is 25.1 Å². The number of nitrogens with one attached hydrogen (secondary N) is 1. The number of aromatic nitrogens is 1. The second-order valence-corrected chi connectivity index (χ2v) is 8.14. The number of carbonyl (C=O) groups is 1. The highest BCUT2D eigenvalue weighted by Crippen LogP contribution is 2.32. The molecule has 0 radical (unpaired) electrons. The Balaban J connectivity index is 1.84. The van der Waals surface area contributed by atoms with Gasteiger partial charge < -0.3 is 9.88 Å². The highest BCUT2D eigenvalue weighted by Gasteiger charge is 2.17. The Bertz CT molecular complexity index is 911. The zero-order valence-electron chi connectivity index (χ0n) is 13.1. The smallest absolute Gasteiger partial charge is 0.268 e. The molecule has 124 valence electrons. The van der Waals surface area contributed by atoms with Crippen molar-refractivity contribution >= 4 is 43.4 Å². The maximum Gasteiger partial charge on any atom is 0.268 e. The Hall–Kier alpha value is -1.92. The highest BCUT2D eigenvalue weighted by atomic mass is 79.9. The topological polar surface area (TPSA) is 34.0 Å². The lowest BCUT2D eigenvalue weighted by molar-refractivity contribution is 0.0942. The van der Waals surface area contributed by atoms with Crippen LogP contribution < -0.4 is 5.32 Å². The van der Waals surface area contributed by atoms with Gasteiger partial charge in [0.05, 0.1) is 14.0 Å². The molecule has 24 heavy (non-hydrogen) atoms. The number of amides is 1. The Kier molecular flexibility index (Phi) is 4.87. The van der Waals surface area contributed by atoms with Gasteiger partial charge in [0, 0.05) is 13.1 Å². The van der Waals surface area contributed by atoms with Crippen LogP contribution in [0, 0.1) is 5.82 Å². The molecule has 3 rings (SSSR count). The molecule has 1 N–H and O–H groups in total. The van der Waals surface area contributed by atoms with Crippen LogP contribution in [0.5, 0.6) is 0 Å². The maximum atomic E-state index is 12.9. The molecule has 3 nitrogen and oxygen atoms in total. The molecule has 2 aromatic heterocycles. The molecule has 0 unspecified atom stereocenters. The first kappa shape index (κ1) is 16.9. The number of rotatable bonds is 5. The molecule has 0 aliphatic carbocycles. The van der Waals surface area contributed by atoms with Crippen LogP contribution in [0.15, 0.2) is 52.3 Å². The van der Waals surface area contributed by atoms with E-state index in [-0.39, 0.29) is 11.7 Å². The quantitative estimate of drug-likeness (QED) is 0.586. The summed E-state index contributed by atoms with van der Waals surface area (Å²) < 4.78 is 17.0. The lowest BCUT2D eigenvalue weighted by Crippen LogP contribution is -2.25. The van der Waals surface area contributed by atoms with E-state index in [1.54, 1.807) is 23.5 Å².